The lowest BCUT2D eigenvalue weighted by Crippen LogP contribution is -2.26. The Kier molecular flexibility index (Phi) is 2.64. The second kappa shape index (κ2) is 4.66. The number of aromatic nitrogens is 2. The number of carbonyl (C=O) groups is 1. The van der Waals surface area contributed by atoms with Gasteiger partial charge in [0.2, 0.25) is 11.8 Å². The van der Waals surface area contributed by atoms with Crippen LogP contribution in [-0.4, -0.2) is 15.9 Å². The van der Waals surface area contributed by atoms with Gasteiger partial charge < -0.3 is 9.73 Å². The van der Waals surface area contributed by atoms with Crippen molar-refractivity contribution in [3.05, 3.63) is 54.2 Å². The molecule has 0 saturated carbocycles. The highest BCUT2D eigenvalue weighted by molar-refractivity contribution is 6.07. The molecule has 1 aliphatic heterocycles. The topological polar surface area (TPSA) is 68.0 Å². The Morgan fingerprint density at radius 3 is 2.80 bits per heavy atom. The molecule has 4 aromatic rings. The maximum absolute atomic E-state index is 12.1. The van der Waals surface area contributed by atoms with Gasteiger partial charge in [0.15, 0.2) is 5.58 Å². The van der Waals surface area contributed by atoms with Crippen molar-refractivity contribution in [2.45, 2.75) is 19.3 Å². The van der Waals surface area contributed by atoms with E-state index in [1.807, 2.05) is 56.3 Å². The number of hydrogen-bond acceptors (Lipinski definition) is 4. The number of anilines is 1. The molecule has 1 aliphatic rings. The average molecular weight is 329 g/mol. The van der Waals surface area contributed by atoms with Crippen molar-refractivity contribution in [1.29, 1.82) is 0 Å². The Hall–Kier alpha value is -3.21. The number of hydrogen-bond donors (Lipinski definition) is 1. The fourth-order valence-electron chi connectivity index (χ4n) is 3.39. The first kappa shape index (κ1) is 14.2. The number of benzene rings is 2. The molecule has 3 heterocycles. The maximum Gasteiger partial charge on any atom is 0.234 e. The second-order valence-electron chi connectivity index (χ2n) is 6.84. The third-order valence-electron chi connectivity index (χ3n) is 4.90. The molecule has 0 saturated heterocycles. The zero-order valence-corrected chi connectivity index (χ0v) is 13.8. The highest BCUT2D eigenvalue weighted by Crippen LogP contribution is 2.40. The smallest absolute Gasteiger partial charge is 0.234 e. The van der Waals surface area contributed by atoms with E-state index >= 15 is 0 Å². The van der Waals surface area contributed by atoms with Crippen LogP contribution in [-0.2, 0) is 10.2 Å². The molecule has 1 N–H and O–H groups in total. The number of rotatable bonds is 1. The van der Waals surface area contributed by atoms with Crippen molar-refractivity contribution < 1.29 is 9.21 Å². The predicted molar refractivity (Wildman–Crippen MR) is 96.4 cm³/mol. The molecule has 0 radical (unpaired) electrons. The Morgan fingerprint density at radius 2 is 1.92 bits per heavy atom. The van der Waals surface area contributed by atoms with Gasteiger partial charge in [0.1, 0.15) is 5.52 Å². The van der Waals surface area contributed by atoms with Gasteiger partial charge in [0.05, 0.1) is 10.9 Å². The lowest BCUT2D eigenvalue weighted by Gasteiger charge is -2.14. The van der Waals surface area contributed by atoms with Crippen LogP contribution < -0.4 is 5.32 Å². The lowest BCUT2D eigenvalue weighted by molar-refractivity contribution is -0.119. The van der Waals surface area contributed by atoms with Crippen molar-refractivity contribution in [1.82, 2.24) is 9.97 Å². The molecule has 0 aliphatic carbocycles. The van der Waals surface area contributed by atoms with Crippen LogP contribution in [0, 0.1) is 0 Å². The minimum atomic E-state index is -0.563. The third-order valence-corrected chi connectivity index (χ3v) is 4.90. The fourth-order valence-corrected chi connectivity index (χ4v) is 3.39. The van der Waals surface area contributed by atoms with Crippen molar-refractivity contribution >= 4 is 33.6 Å². The van der Waals surface area contributed by atoms with Crippen LogP contribution in [0.25, 0.3) is 33.5 Å². The summed E-state index contributed by atoms with van der Waals surface area (Å²) in [5, 5.41) is 3.92. The Labute approximate surface area is 143 Å². The number of nitrogens with one attached hydrogen (secondary N) is 1. The summed E-state index contributed by atoms with van der Waals surface area (Å²) in [5.74, 6) is 0.553. The molecule has 5 rings (SSSR count). The second-order valence-corrected chi connectivity index (χ2v) is 6.84. The summed E-state index contributed by atoms with van der Waals surface area (Å²) in [4.78, 5) is 21.2. The normalized spacial score (nSPS) is 15.5. The monoisotopic (exact) mass is 329 g/mol. The van der Waals surface area contributed by atoms with Crippen molar-refractivity contribution in [3.63, 3.8) is 0 Å². The predicted octanol–water partition coefficient (Wildman–Crippen LogP) is 4.27. The molecule has 5 nitrogen and oxygen atoms in total. The summed E-state index contributed by atoms with van der Waals surface area (Å²) in [5.41, 5.74) is 4.40. The summed E-state index contributed by atoms with van der Waals surface area (Å²) >= 11 is 0. The van der Waals surface area contributed by atoms with E-state index in [2.05, 4.69) is 15.3 Å². The fraction of sp³-hybridized carbons (Fsp3) is 0.150. The molecule has 0 unspecified atom stereocenters. The van der Waals surface area contributed by atoms with Gasteiger partial charge >= 0.3 is 0 Å². The van der Waals surface area contributed by atoms with E-state index < -0.39 is 5.41 Å². The summed E-state index contributed by atoms with van der Waals surface area (Å²) in [6, 6.07) is 13.6. The first-order valence-corrected chi connectivity index (χ1v) is 8.15. The zero-order valence-electron chi connectivity index (χ0n) is 13.8. The van der Waals surface area contributed by atoms with Crippen molar-refractivity contribution in [2.75, 3.05) is 5.32 Å². The number of nitrogens with zero attached hydrogens (tertiary/aromatic N) is 2. The van der Waals surface area contributed by atoms with E-state index in [1.54, 1.807) is 6.20 Å². The Morgan fingerprint density at radius 1 is 1.08 bits per heavy atom. The van der Waals surface area contributed by atoms with Gasteiger partial charge in [-0.15, -0.1) is 0 Å². The van der Waals surface area contributed by atoms with E-state index in [0.717, 1.165) is 33.2 Å². The van der Waals surface area contributed by atoms with E-state index in [0.29, 0.717) is 11.5 Å². The number of oxazole rings is 1. The molecule has 0 bridgehead atoms. The highest BCUT2D eigenvalue weighted by Gasteiger charge is 2.39. The Bertz CT molecular complexity index is 1170. The summed E-state index contributed by atoms with van der Waals surface area (Å²) in [6.07, 6.45) is 1.76. The van der Waals surface area contributed by atoms with Crippen molar-refractivity contribution in [3.8, 4) is 11.5 Å². The molecule has 1 amide bonds. The average Bonchev–Trinajstić information content (AvgIpc) is 3.11. The summed E-state index contributed by atoms with van der Waals surface area (Å²) in [6.45, 7) is 3.83. The molecule has 5 heteroatoms. The van der Waals surface area contributed by atoms with Gasteiger partial charge in [0.25, 0.3) is 0 Å². The minimum absolute atomic E-state index is 0.00416. The first-order valence-electron chi connectivity index (χ1n) is 8.15. The van der Waals surface area contributed by atoms with Crippen LogP contribution in [0.2, 0.25) is 0 Å². The number of carbonyl (C=O) groups excluding carboxylic acids is 1. The van der Waals surface area contributed by atoms with Crippen LogP contribution in [0.5, 0.6) is 0 Å². The lowest BCUT2D eigenvalue weighted by atomic mass is 9.86. The summed E-state index contributed by atoms with van der Waals surface area (Å²) in [7, 11) is 0. The van der Waals surface area contributed by atoms with Crippen LogP contribution in [0.3, 0.4) is 0 Å². The number of para-hydroxylation sites is 1. The van der Waals surface area contributed by atoms with Gasteiger partial charge in [-0.05, 0) is 37.6 Å². The molecular weight excluding hydrogens is 314 g/mol. The van der Waals surface area contributed by atoms with Crippen LogP contribution in [0.1, 0.15) is 19.4 Å². The first-order chi connectivity index (χ1) is 12.0. The largest absolute Gasteiger partial charge is 0.436 e. The van der Waals surface area contributed by atoms with Gasteiger partial charge in [-0.1, -0.05) is 18.2 Å². The molecule has 2 aromatic carbocycles. The Balaban J connectivity index is 1.73. The standard InChI is InChI=1S/C20H15N3O2/c1-20(2)13-9-16-17(10-15(13)23-19(20)24)25-18(22-16)12-7-8-21-14-6-4-3-5-11(12)14/h3-10H,1-2H3,(H,23,24). The van der Waals surface area contributed by atoms with Gasteiger partial charge in [-0.25, -0.2) is 4.98 Å². The molecule has 25 heavy (non-hydrogen) atoms. The van der Waals surface area contributed by atoms with Gasteiger partial charge in [0, 0.05) is 28.9 Å². The molecular formula is C20H15N3O2. The molecule has 0 spiro atoms. The minimum Gasteiger partial charge on any atom is -0.436 e. The van der Waals surface area contributed by atoms with Gasteiger partial charge in [-0.3, -0.25) is 9.78 Å². The molecule has 2 aromatic heterocycles. The maximum atomic E-state index is 12.1. The number of amides is 1. The SMILES string of the molecule is CC1(C)C(=O)Nc2cc3oc(-c4ccnc5ccccc45)nc3cc21. The van der Waals surface area contributed by atoms with Crippen LogP contribution in [0.15, 0.2) is 53.1 Å². The number of pyridine rings is 1. The number of fused-ring (bicyclic) bond motifs is 3. The zero-order chi connectivity index (χ0) is 17.2. The van der Waals surface area contributed by atoms with E-state index in [-0.39, 0.29) is 5.91 Å². The summed E-state index contributed by atoms with van der Waals surface area (Å²) < 4.78 is 6.00. The van der Waals surface area contributed by atoms with Crippen LogP contribution in [0.4, 0.5) is 5.69 Å². The molecule has 122 valence electrons. The van der Waals surface area contributed by atoms with E-state index in [1.165, 1.54) is 0 Å². The molecule has 0 atom stereocenters. The van der Waals surface area contributed by atoms with E-state index in [9.17, 15) is 4.79 Å². The van der Waals surface area contributed by atoms with Gasteiger partial charge in [-0.2, -0.15) is 0 Å². The molecule has 0 fully saturated rings. The quantitative estimate of drug-likeness (QED) is 0.566. The van der Waals surface area contributed by atoms with Crippen molar-refractivity contribution in [2.24, 2.45) is 0 Å². The third kappa shape index (κ3) is 1.92. The van der Waals surface area contributed by atoms with Crippen LogP contribution >= 0.6 is 0 Å². The highest BCUT2D eigenvalue weighted by atomic mass is 16.3. The van der Waals surface area contributed by atoms with E-state index in [4.69, 9.17) is 4.42 Å².